The third-order valence-electron chi connectivity index (χ3n) is 3.17. The summed E-state index contributed by atoms with van der Waals surface area (Å²) >= 11 is 2.49. The predicted molar refractivity (Wildman–Crippen MR) is 88.0 cm³/mol. The van der Waals surface area contributed by atoms with Crippen molar-refractivity contribution < 1.29 is 9.90 Å². The monoisotopic (exact) mass is 344 g/mol. The summed E-state index contributed by atoms with van der Waals surface area (Å²) in [6.07, 6.45) is 8.24. The standard InChI is InChI=1S/C11H22O2.C6H6Se/c1-3-4-5-6-7-8-9-10(2)11(12)13;7-6-4-2-1-3-5-6/h10H,3-9H2,1-2H3,(H,12,13);1-5,7H. The van der Waals surface area contributed by atoms with Crippen molar-refractivity contribution in [3.8, 4) is 0 Å². The van der Waals surface area contributed by atoms with Crippen molar-refractivity contribution in [3.63, 3.8) is 0 Å². The molecule has 0 aliphatic rings. The van der Waals surface area contributed by atoms with Crippen LogP contribution in [0.5, 0.6) is 0 Å². The molecular weight excluding hydrogens is 315 g/mol. The second kappa shape index (κ2) is 13.2. The molecule has 0 heterocycles. The van der Waals surface area contributed by atoms with Gasteiger partial charge in [-0.1, -0.05) is 52.4 Å². The van der Waals surface area contributed by atoms with Crippen molar-refractivity contribution in [2.75, 3.05) is 0 Å². The Morgan fingerprint density at radius 2 is 1.65 bits per heavy atom. The van der Waals surface area contributed by atoms with Gasteiger partial charge in [-0.15, -0.1) is 0 Å². The molecule has 1 aromatic rings. The second-order valence-electron chi connectivity index (χ2n) is 5.13. The van der Waals surface area contributed by atoms with Crippen molar-refractivity contribution in [2.24, 2.45) is 5.92 Å². The number of carbonyl (C=O) groups is 1. The summed E-state index contributed by atoms with van der Waals surface area (Å²) < 4.78 is 1.26. The van der Waals surface area contributed by atoms with Gasteiger partial charge in [0.25, 0.3) is 0 Å². The average Bonchev–Trinajstić information content (AvgIpc) is 2.44. The molecule has 0 saturated carbocycles. The van der Waals surface area contributed by atoms with Crippen LogP contribution in [0.25, 0.3) is 0 Å². The summed E-state index contributed by atoms with van der Waals surface area (Å²) in [4.78, 5) is 10.5. The molecule has 0 aromatic heterocycles. The molecule has 20 heavy (non-hydrogen) atoms. The summed E-state index contributed by atoms with van der Waals surface area (Å²) in [6.45, 7) is 3.99. The number of aliphatic carboxylic acids is 1. The number of benzene rings is 1. The first kappa shape index (κ1) is 19.2. The minimum absolute atomic E-state index is 0.161. The molecule has 0 amide bonds. The van der Waals surface area contributed by atoms with E-state index in [1.54, 1.807) is 6.92 Å². The Labute approximate surface area is 131 Å². The van der Waals surface area contributed by atoms with E-state index in [2.05, 4.69) is 35.1 Å². The van der Waals surface area contributed by atoms with Crippen LogP contribution in [0.2, 0.25) is 0 Å². The van der Waals surface area contributed by atoms with Gasteiger partial charge in [0.2, 0.25) is 0 Å². The minimum atomic E-state index is -0.659. The summed E-state index contributed by atoms with van der Waals surface area (Å²) in [6, 6.07) is 10.2. The van der Waals surface area contributed by atoms with Gasteiger partial charge in [-0.25, -0.2) is 0 Å². The molecule has 114 valence electrons. The van der Waals surface area contributed by atoms with Gasteiger partial charge in [0, 0.05) is 0 Å². The number of hydrogen-bond donors (Lipinski definition) is 1. The van der Waals surface area contributed by atoms with Gasteiger partial charge in [0.05, 0.1) is 5.92 Å². The fraction of sp³-hybridized carbons (Fsp3) is 0.588. The zero-order valence-electron chi connectivity index (χ0n) is 12.7. The van der Waals surface area contributed by atoms with E-state index in [0.29, 0.717) is 0 Å². The Hall–Kier alpha value is -0.791. The third-order valence-corrected chi connectivity index (χ3v) is 3.79. The van der Waals surface area contributed by atoms with E-state index in [-0.39, 0.29) is 5.92 Å². The predicted octanol–water partition coefficient (Wildman–Crippen LogP) is 3.67. The summed E-state index contributed by atoms with van der Waals surface area (Å²) in [5.74, 6) is -0.820. The van der Waals surface area contributed by atoms with Crippen LogP contribution in [0.1, 0.15) is 58.8 Å². The molecule has 0 bridgehead atoms. The van der Waals surface area contributed by atoms with Crippen molar-refractivity contribution in [3.05, 3.63) is 30.3 Å². The molecule has 1 atom stereocenters. The van der Waals surface area contributed by atoms with Crippen molar-refractivity contribution in [2.45, 2.75) is 58.8 Å². The van der Waals surface area contributed by atoms with Gasteiger partial charge >= 0.3 is 56.8 Å². The zero-order chi connectivity index (χ0) is 15.2. The molecule has 1 unspecified atom stereocenters. The first-order chi connectivity index (χ1) is 9.57. The van der Waals surface area contributed by atoms with Crippen LogP contribution < -0.4 is 4.46 Å². The Morgan fingerprint density at radius 3 is 2.10 bits per heavy atom. The fourth-order valence-corrected chi connectivity index (χ4v) is 2.14. The summed E-state index contributed by atoms with van der Waals surface area (Å²) in [5, 5.41) is 8.62. The van der Waals surface area contributed by atoms with Crippen LogP contribution in [-0.2, 0) is 4.79 Å². The van der Waals surface area contributed by atoms with Crippen LogP contribution in [0.4, 0.5) is 0 Å². The van der Waals surface area contributed by atoms with Crippen LogP contribution in [0.15, 0.2) is 30.3 Å². The topological polar surface area (TPSA) is 37.3 Å². The van der Waals surface area contributed by atoms with Gasteiger partial charge in [-0.3, -0.25) is 4.79 Å². The summed E-state index contributed by atoms with van der Waals surface area (Å²) in [5.41, 5.74) is 0. The zero-order valence-corrected chi connectivity index (χ0v) is 14.6. The first-order valence-corrected chi connectivity index (χ1v) is 8.48. The molecule has 0 spiro atoms. The van der Waals surface area contributed by atoms with Gasteiger partial charge in [0.1, 0.15) is 0 Å². The van der Waals surface area contributed by atoms with Crippen molar-refractivity contribution >= 4 is 26.4 Å². The van der Waals surface area contributed by atoms with E-state index >= 15 is 0 Å². The molecule has 2 nitrogen and oxygen atoms in total. The third kappa shape index (κ3) is 12.3. The van der Waals surface area contributed by atoms with Crippen LogP contribution in [-0.4, -0.2) is 27.1 Å². The van der Waals surface area contributed by atoms with E-state index < -0.39 is 5.97 Å². The first-order valence-electron chi connectivity index (χ1n) is 7.54. The quantitative estimate of drug-likeness (QED) is 0.578. The summed E-state index contributed by atoms with van der Waals surface area (Å²) in [7, 11) is 0. The van der Waals surface area contributed by atoms with Crippen LogP contribution >= 0.6 is 0 Å². The Morgan fingerprint density at radius 1 is 1.10 bits per heavy atom. The average molecular weight is 343 g/mol. The normalized spacial score (nSPS) is 11.3. The molecule has 0 aliphatic carbocycles. The van der Waals surface area contributed by atoms with Gasteiger partial charge in [-0.2, -0.15) is 0 Å². The van der Waals surface area contributed by atoms with E-state index in [0.717, 1.165) is 12.8 Å². The number of unbranched alkanes of at least 4 members (excludes halogenated alkanes) is 5. The van der Waals surface area contributed by atoms with Gasteiger partial charge in [-0.05, 0) is 6.42 Å². The Balaban J connectivity index is 0.000000428. The van der Waals surface area contributed by atoms with E-state index in [1.807, 2.05) is 18.2 Å². The van der Waals surface area contributed by atoms with E-state index in [4.69, 9.17) is 5.11 Å². The molecule has 3 heteroatoms. The molecule has 1 rings (SSSR count). The SMILES string of the molecule is CCCCCCCCC(C)C(=O)O.[SeH]c1ccccc1. The molecule has 1 aromatic carbocycles. The molecule has 0 aliphatic heterocycles. The molecule has 1 N–H and O–H groups in total. The Kier molecular flexibility index (Phi) is 12.7. The molecular formula is C17H28O2Se. The van der Waals surface area contributed by atoms with Crippen molar-refractivity contribution in [1.29, 1.82) is 0 Å². The molecule has 0 fully saturated rings. The van der Waals surface area contributed by atoms with E-state index in [9.17, 15) is 4.79 Å². The number of hydrogen-bond acceptors (Lipinski definition) is 1. The maximum atomic E-state index is 10.5. The fourth-order valence-electron chi connectivity index (χ4n) is 1.78. The molecule has 0 radical (unpaired) electrons. The second-order valence-corrected chi connectivity index (χ2v) is 6.21. The van der Waals surface area contributed by atoms with Crippen LogP contribution in [0, 0.1) is 5.92 Å². The maximum absolute atomic E-state index is 10.5. The van der Waals surface area contributed by atoms with Gasteiger partial charge in [0.15, 0.2) is 0 Å². The van der Waals surface area contributed by atoms with Gasteiger partial charge < -0.3 is 5.11 Å². The Bertz CT molecular complexity index is 338. The van der Waals surface area contributed by atoms with Crippen LogP contribution in [0.3, 0.4) is 0 Å². The van der Waals surface area contributed by atoms with Crippen molar-refractivity contribution in [1.82, 2.24) is 0 Å². The number of rotatable bonds is 8. The number of carboxylic acids is 1. The number of carboxylic acid groups (broad SMARTS) is 1. The van der Waals surface area contributed by atoms with E-state index in [1.165, 1.54) is 36.6 Å². The molecule has 0 saturated heterocycles.